The zero-order valence-corrected chi connectivity index (χ0v) is 4.99. The van der Waals surface area contributed by atoms with Crippen LogP contribution in [0.1, 0.15) is 0 Å². The van der Waals surface area contributed by atoms with E-state index < -0.39 is 0 Å². The van der Waals surface area contributed by atoms with E-state index in [-0.39, 0.29) is 12.2 Å². The monoisotopic (exact) mass is 124 g/mol. The van der Waals surface area contributed by atoms with Gasteiger partial charge in [0.05, 0.1) is 0 Å². The molecule has 1 aliphatic rings. The number of epoxide rings is 1. The molecule has 0 aromatic rings. The van der Waals surface area contributed by atoms with Crippen LogP contribution in [0.25, 0.3) is 0 Å². The molecule has 48 valence electrons. The van der Waals surface area contributed by atoms with Gasteiger partial charge in [0.15, 0.2) is 0 Å². The molecule has 2 nitrogen and oxygen atoms in total. The fourth-order valence-electron chi connectivity index (χ4n) is 0.636. The summed E-state index contributed by atoms with van der Waals surface area (Å²) < 4.78 is 5.00. The molecule has 9 heavy (non-hydrogen) atoms. The van der Waals surface area contributed by atoms with Crippen molar-refractivity contribution in [1.82, 2.24) is 0 Å². The lowest BCUT2D eigenvalue weighted by molar-refractivity contribution is -0.104. The summed E-state index contributed by atoms with van der Waals surface area (Å²) in [5.41, 5.74) is 0. The average Bonchev–Trinajstić information content (AvgIpc) is 2.62. The van der Waals surface area contributed by atoms with Gasteiger partial charge in [0, 0.05) is 0 Å². The molecular weight excluding hydrogens is 116 g/mol. The average molecular weight is 124 g/mol. The highest BCUT2D eigenvalue weighted by Gasteiger charge is 2.32. The summed E-state index contributed by atoms with van der Waals surface area (Å²) in [5.74, 6) is 0. The van der Waals surface area contributed by atoms with Gasteiger partial charge in [0.2, 0.25) is 0 Å². The molecule has 0 aromatic carbocycles. The summed E-state index contributed by atoms with van der Waals surface area (Å²) in [6, 6.07) is 0. The summed E-state index contributed by atoms with van der Waals surface area (Å²) in [6.07, 6.45) is 5.86. The normalized spacial score (nSPS) is 32.4. The van der Waals surface area contributed by atoms with Crippen molar-refractivity contribution in [3.63, 3.8) is 0 Å². The number of hydrogen-bond donors (Lipinski definition) is 0. The molecule has 1 aliphatic heterocycles. The molecule has 0 unspecified atom stereocenters. The highest BCUT2D eigenvalue weighted by atomic mass is 16.6. The SMILES string of the molecule is C=C[C@@H]1O[C@H]1/C=C/C=O. The minimum atomic E-state index is 0.104. The van der Waals surface area contributed by atoms with Crippen LogP contribution in [-0.2, 0) is 9.53 Å². The number of carbonyl (C=O) groups excluding carboxylic acids is 1. The Morgan fingerprint density at radius 2 is 2.22 bits per heavy atom. The smallest absolute Gasteiger partial charge is 0.142 e. The summed E-state index contributed by atoms with van der Waals surface area (Å²) in [7, 11) is 0. The third-order valence-corrected chi connectivity index (χ3v) is 1.17. The molecule has 0 amide bonds. The Kier molecular flexibility index (Phi) is 1.80. The summed E-state index contributed by atoms with van der Waals surface area (Å²) in [5, 5.41) is 0. The van der Waals surface area contributed by atoms with Crippen LogP contribution in [0.15, 0.2) is 24.8 Å². The first-order chi connectivity index (χ1) is 4.38. The van der Waals surface area contributed by atoms with E-state index in [1.807, 2.05) is 0 Å². The minimum absolute atomic E-state index is 0.104. The van der Waals surface area contributed by atoms with Crippen molar-refractivity contribution < 1.29 is 9.53 Å². The Morgan fingerprint density at radius 3 is 2.67 bits per heavy atom. The molecule has 0 saturated carbocycles. The molecule has 2 atom stereocenters. The molecule has 2 heteroatoms. The summed E-state index contributed by atoms with van der Waals surface area (Å²) >= 11 is 0. The molecule has 0 N–H and O–H groups in total. The van der Waals surface area contributed by atoms with E-state index in [0.29, 0.717) is 0 Å². The van der Waals surface area contributed by atoms with E-state index in [4.69, 9.17) is 4.74 Å². The van der Waals surface area contributed by atoms with Crippen LogP contribution >= 0.6 is 0 Å². The van der Waals surface area contributed by atoms with Crippen molar-refractivity contribution >= 4 is 6.29 Å². The van der Waals surface area contributed by atoms with Gasteiger partial charge in [-0.1, -0.05) is 6.08 Å². The number of aldehydes is 1. The van der Waals surface area contributed by atoms with Crippen molar-refractivity contribution in [2.24, 2.45) is 0 Å². The molecule has 1 saturated heterocycles. The fraction of sp³-hybridized carbons (Fsp3) is 0.286. The Balaban J connectivity index is 2.26. The maximum Gasteiger partial charge on any atom is 0.142 e. The van der Waals surface area contributed by atoms with Crippen molar-refractivity contribution in [2.45, 2.75) is 12.2 Å². The Morgan fingerprint density at radius 1 is 1.44 bits per heavy atom. The van der Waals surface area contributed by atoms with Gasteiger partial charge in [0.25, 0.3) is 0 Å². The van der Waals surface area contributed by atoms with E-state index in [9.17, 15) is 4.79 Å². The maximum absolute atomic E-state index is 9.76. The Bertz CT molecular complexity index is 149. The second-order valence-corrected chi connectivity index (χ2v) is 1.82. The van der Waals surface area contributed by atoms with E-state index in [1.165, 1.54) is 6.08 Å². The zero-order valence-electron chi connectivity index (χ0n) is 4.99. The van der Waals surface area contributed by atoms with E-state index in [0.717, 1.165) is 6.29 Å². The second kappa shape index (κ2) is 2.60. The van der Waals surface area contributed by atoms with Gasteiger partial charge >= 0.3 is 0 Å². The first-order valence-electron chi connectivity index (χ1n) is 2.78. The van der Waals surface area contributed by atoms with Gasteiger partial charge in [-0.3, -0.25) is 4.79 Å². The van der Waals surface area contributed by atoms with Crippen LogP contribution < -0.4 is 0 Å². The third kappa shape index (κ3) is 1.50. The van der Waals surface area contributed by atoms with Gasteiger partial charge in [-0.2, -0.15) is 0 Å². The predicted molar refractivity (Wildman–Crippen MR) is 34.1 cm³/mol. The topological polar surface area (TPSA) is 29.6 Å². The standard InChI is InChI=1S/C7H8O2/c1-2-6-7(9-6)4-3-5-8/h2-7H,1H2/b4-3+/t6-,7-/m0/s1. The van der Waals surface area contributed by atoms with Crippen LogP contribution in [0.2, 0.25) is 0 Å². The van der Waals surface area contributed by atoms with Gasteiger partial charge < -0.3 is 4.74 Å². The molecule has 1 fully saturated rings. The van der Waals surface area contributed by atoms with Gasteiger partial charge in [0.1, 0.15) is 18.5 Å². The molecule has 0 aliphatic carbocycles. The number of rotatable bonds is 3. The van der Waals surface area contributed by atoms with Gasteiger partial charge in [-0.25, -0.2) is 0 Å². The molecule has 0 bridgehead atoms. The summed E-state index contributed by atoms with van der Waals surface area (Å²) in [6.45, 7) is 3.53. The van der Waals surface area contributed by atoms with Crippen LogP contribution in [0.5, 0.6) is 0 Å². The maximum atomic E-state index is 9.76. The van der Waals surface area contributed by atoms with Crippen molar-refractivity contribution in [1.29, 1.82) is 0 Å². The Labute approximate surface area is 53.8 Å². The first-order valence-corrected chi connectivity index (χ1v) is 2.78. The molecule has 0 aromatic heterocycles. The van der Waals surface area contributed by atoms with E-state index in [2.05, 4.69) is 6.58 Å². The lowest BCUT2D eigenvalue weighted by Gasteiger charge is -1.70. The van der Waals surface area contributed by atoms with Gasteiger partial charge in [-0.05, 0) is 12.2 Å². The fourth-order valence-corrected chi connectivity index (χ4v) is 0.636. The van der Waals surface area contributed by atoms with Crippen molar-refractivity contribution in [2.75, 3.05) is 0 Å². The van der Waals surface area contributed by atoms with Crippen molar-refractivity contribution in [3.05, 3.63) is 24.8 Å². The number of allylic oxidation sites excluding steroid dienone is 1. The van der Waals surface area contributed by atoms with Crippen molar-refractivity contribution in [3.8, 4) is 0 Å². The number of carbonyl (C=O) groups is 1. The number of ether oxygens (including phenoxy) is 1. The Hall–Kier alpha value is -0.890. The minimum Gasteiger partial charge on any atom is -0.361 e. The second-order valence-electron chi connectivity index (χ2n) is 1.82. The zero-order chi connectivity index (χ0) is 6.69. The van der Waals surface area contributed by atoms with E-state index >= 15 is 0 Å². The largest absolute Gasteiger partial charge is 0.361 e. The lowest BCUT2D eigenvalue weighted by atomic mass is 10.3. The van der Waals surface area contributed by atoms with Crippen LogP contribution in [0.3, 0.4) is 0 Å². The molecule has 0 radical (unpaired) electrons. The molecule has 1 rings (SSSR count). The van der Waals surface area contributed by atoms with Crippen LogP contribution in [0, 0.1) is 0 Å². The van der Waals surface area contributed by atoms with E-state index in [1.54, 1.807) is 12.2 Å². The third-order valence-electron chi connectivity index (χ3n) is 1.17. The molecule has 0 spiro atoms. The molecular formula is C7H8O2. The molecule has 1 heterocycles. The van der Waals surface area contributed by atoms with Crippen LogP contribution in [0.4, 0.5) is 0 Å². The predicted octanol–water partition coefficient (Wildman–Crippen LogP) is 0.695. The van der Waals surface area contributed by atoms with Crippen LogP contribution in [-0.4, -0.2) is 18.5 Å². The summed E-state index contributed by atoms with van der Waals surface area (Å²) in [4.78, 5) is 9.76. The highest BCUT2D eigenvalue weighted by Crippen LogP contribution is 2.23. The number of hydrogen-bond acceptors (Lipinski definition) is 2. The highest BCUT2D eigenvalue weighted by molar-refractivity contribution is 5.64. The quantitative estimate of drug-likeness (QED) is 0.240. The van der Waals surface area contributed by atoms with Gasteiger partial charge in [-0.15, -0.1) is 6.58 Å². The first kappa shape index (κ1) is 6.23. The lowest BCUT2D eigenvalue weighted by Crippen LogP contribution is -1.82.